The van der Waals surface area contributed by atoms with Crippen LogP contribution in [0.25, 0.3) is 0 Å². The van der Waals surface area contributed by atoms with Gasteiger partial charge in [0, 0.05) is 31.5 Å². The van der Waals surface area contributed by atoms with Gasteiger partial charge in [-0.1, -0.05) is 18.2 Å². The second kappa shape index (κ2) is 9.45. The topological polar surface area (TPSA) is 84.9 Å². The van der Waals surface area contributed by atoms with Crippen LogP contribution in [0.5, 0.6) is 11.5 Å². The van der Waals surface area contributed by atoms with Gasteiger partial charge in [0.05, 0.1) is 11.1 Å². The van der Waals surface area contributed by atoms with Gasteiger partial charge in [0.15, 0.2) is 0 Å². The molecule has 7 heteroatoms. The minimum atomic E-state index is -0.391. The van der Waals surface area contributed by atoms with E-state index >= 15 is 0 Å². The van der Waals surface area contributed by atoms with E-state index in [1.807, 2.05) is 30.3 Å². The molecule has 0 bridgehead atoms. The van der Waals surface area contributed by atoms with Crippen LogP contribution in [0.1, 0.15) is 37.5 Å². The van der Waals surface area contributed by atoms with Gasteiger partial charge in [-0.3, -0.25) is 19.3 Å². The van der Waals surface area contributed by atoms with Gasteiger partial charge < -0.3 is 14.8 Å². The van der Waals surface area contributed by atoms with E-state index in [1.165, 1.54) is 17.0 Å². The Hall–Kier alpha value is -3.97. The van der Waals surface area contributed by atoms with Crippen molar-refractivity contribution in [1.29, 1.82) is 0 Å². The lowest BCUT2D eigenvalue weighted by molar-refractivity contribution is 0.0638. The molecule has 0 unspecified atom stereocenters. The van der Waals surface area contributed by atoms with Crippen LogP contribution >= 0.6 is 0 Å². The quantitative estimate of drug-likeness (QED) is 0.424. The summed E-state index contributed by atoms with van der Waals surface area (Å²) in [7, 11) is 1.57. The van der Waals surface area contributed by atoms with Crippen LogP contribution < -0.4 is 10.1 Å². The number of ether oxygens (including phenoxy) is 2. The fourth-order valence-corrected chi connectivity index (χ4v) is 3.44. The fraction of sp³-hybridized carbons (Fsp3) is 0.160. The SMILES string of the molecule is COCCCN1C(=O)c2ccc(C(=O)Nc3ccc(Oc4ccccc4)cc3)cc2C1=O. The highest BCUT2D eigenvalue weighted by atomic mass is 16.5. The van der Waals surface area contributed by atoms with Gasteiger partial charge >= 0.3 is 0 Å². The van der Waals surface area contributed by atoms with Gasteiger partial charge in [-0.25, -0.2) is 0 Å². The minimum Gasteiger partial charge on any atom is -0.457 e. The van der Waals surface area contributed by atoms with E-state index in [2.05, 4.69) is 5.32 Å². The molecule has 1 heterocycles. The molecular formula is C25H22N2O5. The Labute approximate surface area is 185 Å². The second-order valence-electron chi connectivity index (χ2n) is 7.26. The molecule has 0 radical (unpaired) electrons. The molecule has 162 valence electrons. The fourth-order valence-electron chi connectivity index (χ4n) is 3.44. The predicted molar refractivity (Wildman–Crippen MR) is 119 cm³/mol. The maximum atomic E-state index is 12.7. The molecule has 4 rings (SSSR count). The second-order valence-corrected chi connectivity index (χ2v) is 7.26. The first-order valence-corrected chi connectivity index (χ1v) is 10.2. The summed E-state index contributed by atoms with van der Waals surface area (Å²) in [5.74, 6) is 0.255. The summed E-state index contributed by atoms with van der Waals surface area (Å²) in [6.07, 6.45) is 0.555. The molecule has 0 saturated heterocycles. The normalized spacial score (nSPS) is 12.6. The molecular weight excluding hydrogens is 408 g/mol. The Kier molecular flexibility index (Phi) is 6.28. The van der Waals surface area contributed by atoms with E-state index < -0.39 is 5.91 Å². The third-order valence-corrected chi connectivity index (χ3v) is 5.05. The summed E-state index contributed by atoms with van der Waals surface area (Å²) >= 11 is 0. The smallest absolute Gasteiger partial charge is 0.261 e. The molecule has 0 saturated carbocycles. The summed E-state index contributed by atoms with van der Waals surface area (Å²) in [5.41, 5.74) is 1.44. The van der Waals surface area contributed by atoms with Crippen molar-refractivity contribution in [3.8, 4) is 11.5 Å². The standard InChI is InChI=1S/C25H22N2O5/c1-31-15-5-14-27-24(29)21-13-8-17(16-22(21)25(27)30)23(28)26-18-9-11-20(12-10-18)32-19-6-3-2-4-7-19/h2-4,6-13,16H,5,14-15H2,1H3,(H,26,28). The maximum Gasteiger partial charge on any atom is 0.261 e. The van der Waals surface area contributed by atoms with E-state index in [4.69, 9.17) is 9.47 Å². The number of carbonyl (C=O) groups is 3. The van der Waals surface area contributed by atoms with Crippen molar-refractivity contribution in [3.63, 3.8) is 0 Å². The first-order valence-electron chi connectivity index (χ1n) is 10.2. The Bertz CT molecular complexity index is 1140. The molecule has 1 aliphatic heterocycles. The summed E-state index contributed by atoms with van der Waals surface area (Å²) in [4.78, 5) is 39.0. The molecule has 1 N–H and O–H groups in total. The van der Waals surface area contributed by atoms with E-state index in [-0.39, 0.29) is 23.9 Å². The molecule has 0 aromatic heterocycles. The Balaban J connectivity index is 1.43. The molecule has 1 aliphatic rings. The molecule has 0 atom stereocenters. The van der Waals surface area contributed by atoms with E-state index in [9.17, 15) is 14.4 Å². The number of hydrogen-bond donors (Lipinski definition) is 1. The zero-order valence-corrected chi connectivity index (χ0v) is 17.5. The Morgan fingerprint density at radius 1 is 0.875 bits per heavy atom. The predicted octanol–water partition coefficient (Wildman–Crippen LogP) is 4.36. The highest BCUT2D eigenvalue weighted by Gasteiger charge is 2.35. The molecule has 3 aromatic rings. The number of anilines is 1. The van der Waals surface area contributed by atoms with Crippen molar-refractivity contribution in [2.75, 3.05) is 25.6 Å². The summed E-state index contributed by atoms with van der Waals surface area (Å²) < 4.78 is 10.7. The monoisotopic (exact) mass is 430 g/mol. The Morgan fingerprint density at radius 2 is 1.56 bits per heavy atom. The Morgan fingerprint density at radius 3 is 2.28 bits per heavy atom. The average molecular weight is 430 g/mol. The lowest BCUT2D eigenvalue weighted by atomic mass is 10.1. The van der Waals surface area contributed by atoms with Gasteiger partial charge in [-0.2, -0.15) is 0 Å². The zero-order valence-electron chi connectivity index (χ0n) is 17.5. The number of rotatable bonds is 8. The first kappa shape index (κ1) is 21.3. The van der Waals surface area contributed by atoms with Crippen molar-refractivity contribution in [3.05, 3.63) is 89.5 Å². The lowest BCUT2D eigenvalue weighted by Gasteiger charge is -2.12. The van der Waals surface area contributed by atoms with Crippen LogP contribution in [-0.2, 0) is 4.74 Å². The van der Waals surface area contributed by atoms with Crippen molar-refractivity contribution in [2.24, 2.45) is 0 Å². The van der Waals surface area contributed by atoms with E-state index in [0.717, 1.165) is 5.75 Å². The number of imide groups is 1. The van der Waals surface area contributed by atoms with Gasteiger partial charge in [0.2, 0.25) is 0 Å². The number of para-hydroxylation sites is 1. The molecule has 0 aliphatic carbocycles. The van der Waals surface area contributed by atoms with E-state index in [1.54, 1.807) is 37.4 Å². The van der Waals surface area contributed by atoms with Gasteiger partial charge in [0.1, 0.15) is 11.5 Å². The number of benzene rings is 3. The molecule has 0 spiro atoms. The van der Waals surface area contributed by atoms with Gasteiger partial charge in [-0.15, -0.1) is 0 Å². The van der Waals surface area contributed by atoms with Gasteiger partial charge in [0.25, 0.3) is 17.7 Å². The van der Waals surface area contributed by atoms with Crippen molar-refractivity contribution in [1.82, 2.24) is 4.90 Å². The van der Waals surface area contributed by atoms with Crippen molar-refractivity contribution >= 4 is 23.4 Å². The number of amides is 3. The van der Waals surface area contributed by atoms with Crippen LogP contribution in [0.15, 0.2) is 72.8 Å². The van der Waals surface area contributed by atoms with Crippen LogP contribution in [0.4, 0.5) is 5.69 Å². The van der Waals surface area contributed by atoms with Crippen molar-refractivity contribution in [2.45, 2.75) is 6.42 Å². The number of methoxy groups -OCH3 is 1. The van der Waals surface area contributed by atoms with Crippen LogP contribution in [-0.4, -0.2) is 42.9 Å². The van der Waals surface area contributed by atoms with Crippen molar-refractivity contribution < 1.29 is 23.9 Å². The molecule has 7 nitrogen and oxygen atoms in total. The zero-order chi connectivity index (χ0) is 22.5. The summed E-state index contributed by atoms with van der Waals surface area (Å²) in [6, 6.07) is 20.9. The third-order valence-electron chi connectivity index (χ3n) is 5.05. The van der Waals surface area contributed by atoms with Crippen LogP contribution in [0, 0.1) is 0 Å². The molecule has 32 heavy (non-hydrogen) atoms. The molecule has 3 aromatic carbocycles. The summed E-state index contributed by atoms with van der Waals surface area (Å²) in [5, 5.41) is 2.80. The highest BCUT2D eigenvalue weighted by Crippen LogP contribution is 2.26. The lowest BCUT2D eigenvalue weighted by Crippen LogP contribution is -2.31. The van der Waals surface area contributed by atoms with E-state index in [0.29, 0.717) is 35.6 Å². The average Bonchev–Trinajstić information content (AvgIpc) is 3.05. The van der Waals surface area contributed by atoms with Crippen LogP contribution in [0.3, 0.4) is 0 Å². The highest BCUT2D eigenvalue weighted by molar-refractivity contribution is 6.22. The number of carbonyl (C=O) groups excluding carboxylic acids is 3. The first-order chi connectivity index (χ1) is 15.6. The molecule has 3 amide bonds. The minimum absolute atomic E-state index is 0.242. The maximum absolute atomic E-state index is 12.7. The third kappa shape index (κ3) is 4.53. The number of nitrogens with one attached hydrogen (secondary N) is 1. The number of fused-ring (bicyclic) bond motifs is 1. The largest absolute Gasteiger partial charge is 0.457 e. The molecule has 0 fully saturated rings. The number of nitrogens with zero attached hydrogens (tertiary/aromatic N) is 1. The van der Waals surface area contributed by atoms with Crippen LogP contribution in [0.2, 0.25) is 0 Å². The summed E-state index contributed by atoms with van der Waals surface area (Å²) in [6.45, 7) is 0.732. The number of hydrogen-bond acceptors (Lipinski definition) is 5. The van der Waals surface area contributed by atoms with Gasteiger partial charge in [-0.05, 0) is 61.0 Å².